The number of halogens is 3. The van der Waals surface area contributed by atoms with Crippen LogP contribution in [0, 0.1) is 5.82 Å². The minimum atomic E-state index is -0.411. The first-order valence-electron chi connectivity index (χ1n) is 5.28. The minimum absolute atomic E-state index is 0.337. The van der Waals surface area contributed by atoms with Crippen molar-refractivity contribution in [2.24, 2.45) is 0 Å². The van der Waals surface area contributed by atoms with Crippen LogP contribution in [0.1, 0.15) is 12.8 Å². The average molecular weight is 263 g/mol. The minimum Gasteiger partial charge on any atom is -0.380 e. The molecule has 1 saturated heterocycles. The largest absolute Gasteiger partial charge is 0.380 e. The number of hydrogen-bond acceptors (Lipinski definition) is 2. The van der Waals surface area contributed by atoms with Crippen molar-refractivity contribution in [3.63, 3.8) is 0 Å². The first kappa shape index (κ1) is 12.0. The zero-order valence-corrected chi connectivity index (χ0v) is 10.2. The van der Waals surface area contributed by atoms with Crippen LogP contribution in [-0.4, -0.2) is 19.1 Å². The maximum atomic E-state index is 13.0. The first-order chi connectivity index (χ1) is 7.66. The zero-order chi connectivity index (χ0) is 11.5. The van der Waals surface area contributed by atoms with Gasteiger partial charge in [-0.3, -0.25) is 0 Å². The number of hydrogen-bond donors (Lipinski definition) is 2. The maximum absolute atomic E-state index is 13.0. The van der Waals surface area contributed by atoms with Gasteiger partial charge in [0, 0.05) is 6.04 Å². The second-order valence-electron chi connectivity index (χ2n) is 3.91. The normalized spacial score (nSPS) is 17.4. The molecule has 0 aliphatic carbocycles. The molecule has 5 heteroatoms. The molecule has 2 rings (SSSR count). The monoisotopic (exact) mass is 262 g/mol. The lowest BCUT2D eigenvalue weighted by atomic mass is 10.1. The summed E-state index contributed by atoms with van der Waals surface area (Å²) in [5.41, 5.74) is 0.636. The first-order valence-corrected chi connectivity index (χ1v) is 6.04. The van der Waals surface area contributed by atoms with Crippen LogP contribution in [-0.2, 0) is 0 Å². The van der Waals surface area contributed by atoms with E-state index in [1.165, 1.54) is 12.1 Å². The molecule has 1 aromatic rings. The van der Waals surface area contributed by atoms with Gasteiger partial charge in [0.15, 0.2) is 0 Å². The van der Waals surface area contributed by atoms with E-state index >= 15 is 0 Å². The summed E-state index contributed by atoms with van der Waals surface area (Å²) in [6.07, 6.45) is 2.04. The lowest BCUT2D eigenvalue weighted by Gasteiger charge is -2.25. The van der Waals surface area contributed by atoms with Gasteiger partial charge in [-0.1, -0.05) is 23.2 Å². The molecule has 16 heavy (non-hydrogen) atoms. The third-order valence-corrected chi connectivity index (χ3v) is 3.29. The van der Waals surface area contributed by atoms with Crippen molar-refractivity contribution in [1.29, 1.82) is 0 Å². The highest BCUT2D eigenvalue weighted by atomic mass is 35.5. The number of benzene rings is 1. The summed E-state index contributed by atoms with van der Waals surface area (Å²) < 4.78 is 13.0. The van der Waals surface area contributed by atoms with E-state index in [1.807, 2.05) is 0 Å². The Morgan fingerprint density at radius 1 is 1.19 bits per heavy atom. The summed E-state index contributed by atoms with van der Waals surface area (Å²) in [5, 5.41) is 7.22. The molecule has 0 spiro atoms. The second kappa shape index (κ2) is 5.21. The third-order valence-electron chi connectivity index (χ3n) is 2.69. The highest BCUT2D eigenvalue weighted by molar-refractivity contribution is 6.39. The van der Waals surface area contributed by atoms with Crippen molar-refractivity contribution in [3.8, 4) is 0 Å². The van der Waals surface area contributed by atoms with E-state index in [1.54, 1.807) is 0 Å². The maximum Gasteiger partial charge on any atom is 0.126 e. The van der Waals surface area contributed by atoms with Crippen LogP contribution in [0.3, 0.4) is 0 Å². The lowest BCUT2D eigenvalue weighted by Crippen LogP contribution is -2.35. The highest BCUT2D eigenvalue weighted by Crippen LogP contribution is 2.32. The molecule has 1 fully saturated rings. The summed E-state index contributed by atoms with van der Waals surface area (Å²) in [7, 11) is 0. The predicted molar refractivity (Wildman–Crippen MR) is 65.9 cm³/mol. The van der Waals surface area contributed by atoms with Gasteiger partial charge in [-0.05, 0) is 38.1 Å². The molecule has 0 bridgehead atoms. The van der Waals surface area contributed by atoms with E-state index in [-0.39, 0.29) is 0 Å². The van der Waals surface area contributed by atoms with E-state index in [0.29, 0.717) is 21.8 Å². The molecular weight excluding hydrogens is 250 g/mol. The van der Waals surface area contributed by atoms with Gasteiger partial charge in [0.05, 0.1) is 15.7 Å². The van der Waals surface area contributed by atoms with Gasteiger partial charge >= 0.3 is 0 Å². The molecule has 0 radical (unpaired) electrons. The Labute approximate surface area is 104 Å². The Hall–Kier alpha value is -0.510. The summed E-state index contributed by atoms with van der Waals surface area (Å²) in [4.78, 5) is 0. The van der Waals surface area contributed by atoms with Gasteiger partial charge in [0.1, 0.15) is 5.82 Å². The molecule has 88 valence electrons. The quantitative estimate of drug-likeness (QED) is 0.855. The summed E-state index contributed by atoms with van der Waals surface area (Å²) in [5.74, 6) is -0.411. The van der Waals surface area contributed by atoms with Crippen molar-refractivity contribution >= 4 is 28.9 Å². The smallest absolute Gasteiger partial charge is 0.126 e. The van der Waals surface area contributed by atoms with E-state index in [2.05, 4.69) is 10.6 Å². The van der Waals surface area contributed by atoms with Gasteiger partial charge in [-0.25, -0.2) is 4.39 Å². The van der Waals surface area contributed by atoms with Crippen molar-refractivity contribution in [2.45, 2.75) is 18.9 Å². The fourth-order valence-corrected chi connectivity index (χ4v) is 2.42. The molecule has 0 saturated carbocycles. The van der Waals surface area contributed by atoms with Crippen LogP contribution in [0.25, 0.3) is 0 Å². The molecule has 1 aliphatic heterocycles. The molecule has 0 atom stereocenters. The topological polar surface area (TPSA) is 24.1 Å². The Kier molecular flexibility index (Phi) is 3.90. The van der Waals surface area contributed by atoms with Crippen molar-refractivity contribution in [2.75, 3.05) is 18.4 Å². The van der Waals surface area contributed by atoms with Gasteiger partial charge < -0.3 is 10.6 Å². The van der Waals surface area contributed by atoms with E-state index < -0.39 is 5.82 Å². The van der Waals surface area contributed by atoms with E-state index in [0.717, 1.165) is 25.9 Å². The van der Waals surface area contributed by atoms with E-state index in [9.17, 15) is 4.39 Å². The Morgan fingerprint density at radius 2 is 1.75 bits per heavy atom. The standard InChI is InChI=1S/C11H13Cl2FN2/c12-9-5-7(14)6-10(13)11(9)16-8-1-3-15-4-2-8/h5-6,8,15-16H,1-4H2. The van der Waals surface area contributed by atoms with Crippen molar-refractivity contribution in [1.82, 2.24) is 5.32 Å². The average Bonchev–Trinajstić information content (AvgIpc) is 2.25. The van der Waals surface area contributed by atoms with E-state index in [4.69, 9.17) is 23.2 Å². The van der Waals surface area contributed by atoms with Crippen LogP contribution < -0.4 is 10.6 Å². The summed E-state index contributed by atoms with van der Waals surface area (Å²) in [6.45, 7) is 1.96. The van der Waals surface area contributed by atoms with Gasteiger partial charge in [0.25, 0.3) is 0 Å². The molecule has 2 nitrogen and oxygen atoms in total. The van der Waals surface area contributed by atoms with Crippen LogP contribution in [0.4, 0.5) is 10.1 Å². The lowest BCUT2D eigenvalue weighted by molar-refractivity contribution is 0.479. The van der Waals surface area contributed by atoms with Crippen LogP contribution >= 0.6 is 23.2 Å². The van der Waals surface area contributed by atoms with Crippen molar-refractivity contribution in [3.05, 3.63) is 28.0 Å². The number of rotatable bonds is 2. The Bertz CT molecular complexity index is 355. The molecule has 1 heterocycles. The Morgan fingerprint density at radius 3 is 2.31 bits per heavy atom. The van der Waals surface area contributed by atoms with Crippen LogP contribution in [0.2, 0.25) is 10.0 Å². The summed E-state index contributed by atoms with van der Waals surface area (Å²) >= 11 is 11.9. The number of anilines is 1. The van der Waals surface area contributed by atoms with Gasteiger partial charge in [-0.15, -0.1) is 0 Å². The fraction of sp³-hybridized carbons (Fsp3) is 0.455. The van der Waals surface area contributed by atoms with Crippen LogP contribution in [0.15, 0.2) is 12.1 Å². The molecule has 2 N–H and O–H groups in total. The number of piperidine rings is 1. The van der Waals surface area contributed by atoms with Crippen molar-refractivity contribution < 1.29 is 4.39 Å². The molecule has 0 amide bonds. The summed E-state index contributed by atoms with van der Waals surface area (Å²) in [6, 6.07) is 2.90. The van der Waals surface area contributed by atoms with Gasteiger partial charge in [0.2, 0.25) is 0 Å². The Balaban J connectivity index is 2.14. The molecule has 0 aromatic heterocycles. The SMILES string of the molecule is Fc1cc(Cl)c(NC2CCNCC2)c(Cl)c1. The van der Waals surface area contributed by atoms with Crippen LogP contribution in [0.5, 0.6) is 0 Å². The zero-order valence-electron chi connectivity index (χ0n) is 8.69. The molecule has 1 aliphatic rings. The number of nitrogens with one attached hydrogen (secondary N) is 2. The molecular formula is C11H13Cl2FN2. The predicted octanol–water partition coefficient (Wildman–Crippen LogP) is 3.30. The third kappa shape index (κ3) is 2.78. The second-order valence-corrected chi connectivity index (χ2v) is 4.73. The van der Waals surface area contributed by atoms with Gasteiger partial charge in [-0.2, -0.15) is 0 Å². The fourth-order valence-electron chi connectivity index (χ4n) is 1.85. The molecule has 0 unspecified atom stereocenters. The molecule has 1 aromatic carbocycles. The highest BCUT2D eigenvalue weighted by Gasteiger charge is 2.16.